The van der Waals surface area contributed by atoms with Crippen LogP contribution in [0.25, 0.3) is 5.82 Å². The van der Waals surface area contributed by atoms with Crippen LogP contribution in [0.2, 0.25) is 5.02 Å². The molecule has 144 valence electrons. The molecule has 1 N–H and O–H groups in total. The Morgan fingerprint density at radius 3 is 2.66 bits per heavy atom. The molecule has 0 aliphatic heterocycles. The first-order valence-corrected chi connectivity index (χ1v) is 9.13. The summed E-state index contributed by atoms with van der Waals surface area (Å²) in [6, 6.07) is 15.5. The Kier molecular flexibility index (Phi) is 5.22. The molecule has 0 radical (unpaired) electrons. The molecule has 0 saturated heterocycles. The van der Waals surface area contributed by atoms with Crippen molar-refractivity contribution in [1.29, 1.82) is 0 Å². The number of nitrogens with one attached hydrogen (secondary N) is 1. The summed E-state index contributed by atoms with van der Waals surface area (Å²) in [6.07, 6.45) is 5.13. The van der Waals surface area contributed by atoms with Gasteiger partial charge in [0.2, 0.25) is 5.88 Å². The van der Waals surface area contributed by atoms with Crippen LogP contribution in [-0.4, -0.2) is 25.4 Å². The number of amides is 1. The zero-order chi connectivity index (χ0) is 20.2. The van der Waals surface area contributed by atoms with Gasteiger partial charge in [-0.2, -0.15) is 4.98 Å². The Balaban J connectivity index is 1.47. The number of hydrogen-bond acceptors (Lipinski definition) is 5. The monoisotopic (exact) mass is 405 g/mol. The molecule has 4 rings (SSSR count). The Hall–Kier alpha value is -3.71. The number of nitrogens with zero attached hydrogens (tertiary/aromatic N) is 4. The minimum absolute atomic E-state index is 0.238. The van der Waals surface area contributed by atoms with Crippen molar-refractivity contribution in [3.8, 4) is 17.4 Å². The minimum Gasteiger partial charge on any atom is -0.439 e. The number of halogens is 1. The number of imidazole rings is 1. The van der Waals surface area contributed by atoms with Crippen LogP contribution in [0.5, 0.6) is 11.6 Å². The first-order valence-electron chi connectivity index (χ1n) is 8.76. The SMILES string of the molecule is Cc1nc(Oc2ccc(NC(=O)c3cccc(Cl)c3)cc2)cc(-n2ccnc2)n1. The van der Waals surface area contributed by atoms with Crippen molar-refractivity contribution in [2.75, 3.05) is 5.32 Å². The fourth-order valence-electron chi connectivity index (χ4n) is 2.66. The van der Waals surface area contributed by atoms with E-state index in [4.69, 9.17) is 16.3 Å². The van der Waals surface area contributed by atoms with Crippen LogP contribution < -0.4 is 10.1 Å². The lowest BCUT2D eigenvalue weighted by atomic mass is 10.2. The predicted molar refractivity (Wildman–Crippen MR) is 110 cm³/mol. The van der Waals surface area contributed by atoms with Crippen LogP contribution in [0.1, 0.15) is 16.2 Å². The van der Waals surface area contributed by atoms with Crippen molar-refractivity contribution in [2.24, 2.45) is 0 Å². The van der Waals surface area contributed by atoms with Crippen LogP contribution in [-0.2, 0) is 0 Å². The van der Waals surface area contributed by atoms with E-state index in [-0.39, 0.29) is 5.91 Å². The van der Waals surface area contributed by atoms with Crippen molar-refractivity contribution in [1.82, 2.24) is 19.5 Å². The molecule has 2 aromatic carbocycles. The van der Waals surface area contributed by atoms with Gasteiger partial charge in [0.25, 0.3) is 5.91 Å². The van der Waals surface area contributed by atoms with E-state index in [9.17, 15) is 4.79 Å². The van der Waals surface area contributed by atoms with Crippen molar-refractivity contribution < 1.29 is 9.53 Å². The van der Waals surface area contributed by atoms with Crippen molar-refractivity contribution in [2.45, 2.75) is 6.92 Å². The first kappa shape index (κ1) is 18.6. The lowest BCUT2D eigenvalue weighted by Gasteiger charge is -2.09. The van der Waals surface area contributed by atoms with Gasteiger partial charge in [0, 0.05) is 34.7 Å². The molecule has 0 aliphatic rings. The average Bonchev–Trinajstić information content (AvgIpc) is 3.24. The van der Waals surface area contributed by atoms with Gasteiger partial charge in [0.05, 0.1) is 0 Å². The number of carbonyl (C=O) groups is 1. The summed E-state index contributed by atoms with van der Waals surface area (Å²) in [5, 5.41) is 3.33. The molecule has 29 heavy (non-hydrogen) atoms. The molecule has 0 fully saturated rings. The third-order valence-electron chi connectivity index (χ3n) is 3.99. The van der Waals surface area contributed by atoms with Crippen molar-refractivity contribution in [3.05, 3.63) is 89.7 Å². The number of ether oxygens (including phenoxy) is 1. The predicted octanol–water partition coefficient (Wildman–Crippen LogP) is 4.67. The fraction of sp³-hybridized carbons (Fsp3) is 0.0476. The normalized spacial score (nSPS) is 10.6. The molecule has 2 aromatic heterocycles. The second-order valence-corrected chi connectivity index (χ2v) is 6.61. The zero-order valence-corrected chi connectivity index (χ0v) is 16.2. The average molecular weight is 406 g/mol. The summed E-state index contributed by atoms with van der Waals surface area (Å²) in [6.45, 7) is 1.79. The molecule has 2 heterocycles. The Bertz CT molecular complexity index is 1140. The molecule has 0 spiro atoms. The van der Waals surface area contributed by atoms with Gasteiger partial charge in [0.15, 0.2) is 0 Å². The number of hydrogen-bond donors (Lipinski definition) is 1. The molecule has 0 aliphatic carbocycles. The van der Waals surface area contributed by atoms with Gasteiger partial charge in [-0.15, -0.1) is 0 Å². The summed E-state index contributed by atoms with van der Waals surface area (Å²) in [4.78, 5) is 25.0. The summed E-state index contributed by atoms with van der Waals surface area (Å²) in [5.74, 6) is 2.00. The second kappa shape index (κ2) is 8.12. The van der Waals surface area contributed by atoms with Gasteiger partial charge in [0.1, 0.15) is 23.7 Å². The van der Waals surface area contributed by atoms with Gasteiger partial charge in [-0.3, -0.25) is 9.36 Å². The maximum absolute atomic E-state index is 12.3. The highest BCUT2D eigenvalue weighted by atomic mass is 35.5. The summed E-state index contributed by atoms with van der Waals surface area (Å²) in [5.41, 5.74) is 1.13. The van der Waals surface area contributed by atoms with Gasteiger partial charge in [-0.25, -0.2) is 9.97 Å². The standard InChI is InChI=1S/C21H16ClN5O2/c1-14-24-19(27-10-9-23-13-27)12-20(25-14)29-18-7-5-17(6-8-18)26-21(28)15-3-2-4-16(22)11-15/h2-13H,1H3,(H,26,28). The zero-order valence-electron chi connectivity index (χ0n) is 15.4. The Labute approximate surface area is 172 Å². The maximum Gasteiger partial charge on any atom is 0.255 e. The maximum atomic E-state index is 12.3. The summed E-state index contributed by atoms with van der Waals surface area (Å²) < 4.78 is 7.62. The van der Waals surface area contributed by atoms with Gasteiger partial charge < -0.3 is 10.1 Å². The molecule has 0 saturated carbocycles. The number of carbonyl (C=O) groups excluding carboxylic acids is 1. The Morgan fingerprint density at radius 2 is 1.93 bits per heavy atom. The lowest BCUT2D eigenvalue weighted by Crippen LogP contribution is -2.11. The molecule has 1 amide bonds. The van der Waals surface area contributed by atoms with Gasteiger partial charge >= 0.3 is 0 Å². The highest BCUT2D eigenvalue weighted by Crippen LogP contribution is 2.23. The van der Waals surface area contributed by atoms with Crippen LogP contribution in [0.4, 0.5) is 5.69 Å². The second-order valence-electron chi connectivity index (χ2n) is 6.17. The molecular weight excluding hydrogens is 390 g/mol. The number of rotatable bonds is 5. The smallest absolute Gasteiger partial charge is 0.255 e. The van der Waals surface area contributed by atoms with Crippen LogP contribution >= 0.6 is 11.6 Å². The Morgan fingerprint density at radius 1 is 1.10 bits per heavy atom. The molecule has 8 heteroatoms. The molecule has 0 unspecified atom stereocenters. The van der Waals surface area contributed by atoms with Crippen molar-refractivity contribution >= 4 is 23.2 Å². The summed E-state index contributed by atoms with van der Waals surface area (Å²) >= 11 is 5.93. The summed E-state index contributed by atoms with van der Waals surface area (Å²) in [7, 11) is 0. The number of benzene rings is 2. The van der Waals surface area contributed by atoms with Gasteiger partial charge in [-0.05, 0) is 49.4 Å². The first-order chi connectivity index (χ1) is 14.1. The molecule has 0 bridgehead atoms. The van der Waals surface area contributed by atoms with E-state index in [0.29, 0.717) is 39.5 Å². The van der Waals surface area contributed by atoms with Gasteiger partial charge in [-0.1, -0.05) is 17.7 Å². The fourth-order valence-corrected chi connectivity index (χ4v) is 2.85. The number of aromatic nitrogens is 4. The van der Waals surface area contributed by atoms with Crippen LogP contribution in [0.15, 0.2) is 73.3 Å². The van der Waals surface area contributed by atoms with E-state index in [0.717, 1.165) is 0 Å². The molecule has 4 aromatic rings. The van der Waals surface area contributed by atoms with E-state index in [1.54, 1.807) is 84.8 Å². The number of anilines is 1. The third kappa shape index (κ3) is 4.59. The van der Waals surface area contributed by atoms with Crippen LogP contribution in [0, 0.1) is 6.92 Å². The van der Waals surface area contributed by atoms with E-state index in [1.165, 1.54) is 0 Å². The molecular formula is C21H16ClN5O2. The molecule has 0 atom stereocenters. The van der Waals surface area contributed by atoms with E-state index >= 15 is 0 Å². The third-order valence-corrected chi connectivity index (χ3v) is 4.23. The van der Waals surface area contributed by atoms with Crippen LogP contribution in [0.3, 0.4) is 0 Å². The van der Waals surface area contributed by atoms with E-state index in [2.05, 4.69) is 20.3 Å². The minimum atomic E-state index is -0.238. The molecule has 7 nitrogen and oxygen atoms in total. The van der Waals surface area contributed by atoms with Crippen molar-refractivity contribution in [3.63, 3.8) is 0 Å². The quantitative estimate of drug-likeness (QED) is 0.521. The topological polar surface area (TPSA) is 81.9 Å². The lowest BCUT2D eigenvalue weighted by molar-refractivity contribution is 0.102. The highest BCUT2D eigenvalue weighted by molar-refractivity contribution is 6.31. The van der Waals surface area contributed by atoms with E-state index < -0.39 is 0 Å². The number of aryl methyl sites for hydroxylation is 1. The highest BCUT2D eigenvalue weighted by Gasteiger charge is 2.08. The largest absolute Gasteiger partial charge is 0.439 e. The van der Waals surface area contributed by atoms with E-state index in [1.807, 2.05) is 0 Å².